The zero-order valence-corrected chi connectivity index (χ0v) is 14.1. The van der Waals surface area contributed by atoms with Crippen molar-refractivity contribution in [1.82, 2.24) is 9.80 Å². The molecule has 1 fully saturated rings. The molecule has 6 heteroatoms. The van der Waals surface area contributed by atoms with E-state index in [9.17, 15) is 4.39 Å². The molecule has 120 valence electrons. The van der Waals surface area contributed by atoms with E-state index in [1.54, 1.807) is 17.4 Å². The van der Waals surface area contributed by atoms with Crippen LogP contribution in [0, 0.1) is 12.7 Å². The van der Waals surface area contributed by atoms with E-state index in [-0.39, 0.29) is 5.82 Å². The van der Waals surface area contributed by atoms with Gasteiger partial charge in [0.15, 0.2) is 0 Å². The molecule has 0 aliphatic carbocycles. The maximum absolute atomic E-state index is 13.7. The molecule has 23 heavy (non-hydrogen) atoms. The van der Waals surface area contributed by atoms with Crippen LogP contribution in [-0.2, 0) is 0 Å². The van der Waals surface area contributed by atoms with Crippen molar-refractivity contribution in [3.63, 3.8) is 0 Å². The molecular formula is C17H19FN4S. The first kappa shape index (κ1) is 14.7. The number of piperazine rings is 1. The number of aryl methyl sites for hydroxylation is 1. The minimum Gasteiger partial charge on any atom is -0.353 e. The smallest absolute Gasteiger partial charge is 0.148 e. The SMILES string of the molecule is Cc1cc2c(s1)C(N1CCN(C)CC1)=Nc1cc(F)ccc1N2. The van der Waals surface area contributed by atoms with Crippen molar-refractivity contribution in [3.8, 4) is 0 Å². The number of amidine groups is 1. The summed E-state index contributed by atoms with van der Waals surface area (Å²) in [5, 5.41) is 3.42. The highest BCUT2D eigenvalue weighted by Crippen LogP contribution is 2.39. The van der Waals surface area contributed by atoms with Gasteiger partial charge < -0.3 is 15.1 Å². The molecule has 3 heterocycles. The number of thiophene rings is 1. The fourth-order valence-electron chi connectivity index (χ4n) is 3.02. The average Bonchev–Trinajstić information content (AvgIpc) is 2.82. The van der Waals surface area contributed by atoms with Crippen LogP contribution in [0.5, 0.6) is 0 Å². The van der Waals surface area contributed by atoms with Gasteiger partial charge in [0.25, 0.3) is 0 Å². The summed E-state index contributed by atoms with van der Waals surface area (Å²) in [5.41, 5.74) is 2.59. The molecule has 2 aliphatic rings. The second-order valence-electron chi connectivity index (χ2n) is 6.11. The van der Waals surface area contributed by atoms with Gasteiger partial charge in [-0.2, -0.15) is 0 Å². The van der Waals surface area contributed by atoms with Gasteiger partial charge in [-0.25, -0.2) is 9.38 Å². The third kappa shape index (κ3) is 2.72. The Kier molecular flexibility index (Phi) is 3.58. The van der Waals surface area contributed by atoms with Crippen molar-refractivity contribution >= 4 is 34.2 Å². The predicted molar refractivity (Wildman–Crippen MR) is 94.0 cm³/mol. The van der Waals surface area contributed by atoms with E-state index < -0.39 is 0 Å². The van der Waals surface area contributed by atoms with Gasteiger partial charge in [0.1, 0.15) is 11.7 Å². The molecule has 0 spiro atoms. The largest absolute Gasteiger partial charge is 0.353 e. The highest BCUT2D eigenvalue weighted by molar-refractivity contribution is 7.14. The summed E-state index contributed by atoms with van der Waals surface area (Å²) >= 11 is 1.74. The number of hydrogen-bond donors (Lipinski definition) is 1. The summed E-state index contributed by atoms with van der Waals surface area (Å²) in [6.07, 6.45) is 0. The molecule has 1 aromatic carbocycles. The van der Waals surface area contributed by atoms with Crippen LogP contribution in [0.3, 0.4) is 0 Å². The lowest BCUT2D eigenvalue weighted by Gasteiger charge is -2.34. The average molecular weight is 330 g/mol. The minimum atomic E-state index is -0.256. The van der Waals surface area contributed by atoms with Crippen LogP contribution in [0.1, 0.15) is 9.75 Å². The summed E-state index contributed by atoms with van der Waals surface area (Å²) < 4.78 is 13.7. The fraction of sp³-hybridized carbons (Fsp3) is 0.353. The Morgan fingerprint density at radius 3 is 2.70 bits per heavy atom. The molecule has 1 saturated heterocycles. The van der Waals surface area contributed by atoms with Gasteiger partial charge in [-0.1, -0.05) is 0 Å². The van der Waals surface area contributed by atoms with Crippen molar-refractivity contribution in [2.45, 2.75) is 6.92 Å². The Bertz CT molecular complexity index is 775. The lowest BCUT2D eigenvalue weighted by molar-refractivity contribution is 0.216. The Morgan fingerprint density at radius 2 is 1.91 bits per heavy atom. The number of likely N-dealkylation sites (N-methyl/N-ethyl adjacent to an activating group) is 1. The van der Waals surface area contributed by atoms with Gasteiger partial charge in [0.05, 0.1) is 21.9 Å². The fourth-order valence-corrected chi connectivity index (χ4v) is 4.00. The zero-order chi connectivity index (χ0) is 16.0. The molecule has 0 unspecified atom stereocenters. The highest BCUT2D eigenvalue weighted by atomic mass is 32.1. The van der Waals surface area contributed by atoms with Crippen LogP contribution in [0.15, 0.2) is 29.3 Å². The number of benzene rings is 1. The van der Waals surface area contributed by atoms with E-state index in [0.717, 1.165) is 48.3 Å². The van der Waals surface area contributed by atoms with Crippen LogP contribution in [-0.4, -0.2) is 48.9 Å². The number of nitrogens with one attached hydrogen (secondary N) is 1. The lowest BCUT2D eigenvalue weighted by Crippen LogP contribution is -2.47. The molecular weight excluding hydrogens is 311 g/mol. The lowest BCUT2D eigenvalue weighted by atomic mass is 10.2. The highest BCUT2D eigenvalue weighted by Gasteiger charge is 2.25. The number of anilines is 2. The van der Waals surface area contributed by atoms with E-state index >= 15 is 0 Å². The molecule has 0 radical (unpaired) electrons. The van der Waals surface area contributed by atoms with Crippen LogP contribution in [0.2, 0.25) is 0 Å². The molecule has 0 atom stereocenters. The molecule has 1 aromatic heterocycles. The van der Waals surface area contributed by atoms with Gasteiger partial charge >= 0.3 is 0 Å². The molecule has 0 saturated carbocycles. The normalized spacial score (nSPS) is 17.9. The number of aliphatic imine (C=N–C) groups is 1. The maximum Gasteiger partial charge on any atom is 0.148 e. The summed E-state index contributed by atoms with van der Waals surface area (Å²) in [6, 6.07) is 6.88. The second kappa shape index (κ2) is 5.62. The monoisotopic (exact) mass is 330 g/mol. The van der Waals surface area contributed by atoms with Gasteiger partial charge in [0, 0.05) is 37.1 Å². The van der Waals surface area contributed by atoms with E-state index in [1.807, 2.05) is 0 Å². The molecule has 4 nitrogen and oxygen atoms in total. The Hall–Kier alpha value is -1.92. The third-order valence-corrected chi connectivity index (χ3v) is 5.36. The number of hydrogen-bond acceptors (Lipinski definition) is 5. The Labute approximate surface area is 139 Å². The van der Waals surface area contributed by atoms with Gasteiger partial charge in [-0.15, -0.1) is 11.3 Å². The summed E-state index contributed by atoms with van der Waals surface area (Å²) in [7, 11) is 2.14. The first-order valence-corrected chi connectivity index (χ1v) is 8.61. The predicted octanol–water partition coefficient (Wildman–Crippen LogP) is 3.58. The standard InChI is InChI=1S/C17H19FN4S/c1-11-9-15-16(23-11)17(22-7-5-21(2)6-8-22)20-14-10-12(18)3-4-13(14)19-15/h3-4,9-10,19H,5-8H2,1-2H3. The maximum atomic E-state index is 13.7. The number of rotatable bonds is 0. The van der Waals surface area contributed by atoms with E-state index in [0.29, 0.717) is 5.69 Å². The molecule has 0 bridgehead atoms. The number of fused-ring (bicyclic) bond motifs is 2. The topological polar surface area (TPSA) is 30.9 Å². The molecule has 2 aliphatic heterocycles. The molecule has 4 rings (SSSR count). The number of halogens is 1. The van der Waals surface area contributed by atoms with Crippen LogP contribution in [0.25, 0.3) is 0 Å². The molecule has 2 aromatic rings. The van der Waals surface area contributed by atoms with Gasteiger partial charge in [0.2, 0.25) is 0 Å². The van der Waals surface area contributed by atoms with Crippen molar-refractivity contribution in [3.05, 3.63) is 39.8 Å². The summed E-state index contributed by atoms with van der Waals surface area (Å²) in [5.74, 6) is 0.705. The number of nitrogens with zero attached hydrogens (tertiary/aromatic N) is 3. The Morgan fingerprint density at radius 1 is 1.13 bits per heavy atom. The third-order valence-electron chi connectivity index (χ3n) is 4.32. The van der Waals surface area contributed by atoms with E-state index in [2.05, 4.69) is 35.2 Å². The van der Waals surface area contributed by atoms with Crippen molar-refractivity contribution < 1.29 is 4.39 Å². The van der Waals surface area contributed by atoms with Gasteiger partial charge in [-0.3, -0.25) is 0 Å². The molecule has 1 N–H and O–H groups in total. The zero-order valence-electron chi connectivity index (χ0n) is 13.3. The quantitative estimate of drug-likeness (QED) is 0.801. The summed E-state index contributed by atoms with van der Waals surface area (Å²) in [6.45, 7) is 6.02. The second-order valence-corrected chi connectivity index (χ2v) is 7.37. The van der Waals surface area contributed by atoms with Gasteiger partial charge in [-0.05, 0) is 32.2 Å². The van der Waals surface area contributed by atoms with Crippen molar-refractivity contribution in [1.29, 1.82) is 0 Å². The minimum absolute atomic E-state index is 0.256. The Balaban J connectivity index is 1.82. The van der Waals surface area contributed by atoms with Crippen LogP contribution >= 0.6 is 11.3 Å². The molecule has 0 amide bonds. The summed E-state index contributed by atoms with van der Waals surface area (Å²) in [4.78, 5) is 11.9. The first-order chi connectivity index (χ1) is 11.1. The van der Waals surface area contributed by atoms with Crippen molar-refractivity contribution in [2.75, 3.05) is 38.5 Å². The van der Waals surface area contributed by atoms with Crippen molar-refractivity contribution in [2.24, 2.45) is 4.99 Å². The first-order valence-electron chi connectivity index (χ1n) is 7.80. The van der Waals surface area contributed by atoms with E-state index in [4.69, 9.17) is 4.99 Å². The van der Waals surface area contributed by atoms with E-state index in [1.165, 1.54) is 17.0 Å². The van der Waals surface area contributed by atoms with Crippen LogP contribution < -0.4 is 5.32 Å². The van der Waals surface area contributed by atoms with Crippen LogP contribution in [0.4, 0.5) is 21.5 Å².